The highest BCUT2D eigenvalue weighted by atomic mass is 32.2. The maximum absolute atomic E-state index is 12.4. The SMILES string of the molecule is Nc1cccc(Sc2ccc(C(=O)NC3CN4CC[C@H]3C4)cc2)c1. The van der Waals surface area contributed by atoms with Crippen LogP contribution >= 0.6 is 11.8 Å². The van der Waals surface area contributed by atoms with Gasteiger partial charge in [-0.2, -0.15) is 0 Å². The van der Waals surface area contributed by atoms with Crippen molar-refractivity contribution in [1.29, 1.82) is 0 Å². The molecule has 2 fully saturated rings. The number of carbonyl (C=O) groups excluding carboxylic acids is 1. The van der Waals surface area contributed by atoms with Crippen LogP contribution in [0.5, 0.6) is 0 Å². The molecule has 0 aliphatic carbocycles. The van der Waals surface area contributed by atoms with Crippen LogP contribution in [0.25, 0.3) is 0 Å². The molecular weight excluding hydrogens is 318 g/mol. The first-order chi connectivity index (χ1) is 11.7. The van der Waals surface area contributed by atoms with E-state index in [2.05, 4.69) is 10.2 Å². The van der Waals surface area contributed by atoms with E-state index in [0.717, 1.165) is 34.1 Å². The number of nitrogen functional groups attached to an aromatic ring is 1. The lowest BCUT2D eigenvalue weighted by Crippen LogP contribution is -2.43. The van der Waals surface area contributed by atoms with E-state index in [1.807, 2.05) is 48.5 Å². The summed E-state index contributed by atoms with van der Waals surface area (Å²) in [6.45, 7) is 3.33. The molecule has 4 nitrogen and oxygen atoms in total. The second kappa shape index (κ2) is 6.49. The number of nitrogens with one attached hydrogen (secondary N) is 1. The first-order valence-electron chi connectivity index (χ1n) is 8.34. The second-order valence-electron chi connectivity index (χ2n) is 6.59. The normalized spacial score (nSPS) is 24.9. The molecule has 0 spiro atoms. The predicted octanol–water partition coefficient (Wildman–Crippen LogP) is 2.85. The summed E-state index contributed by atoms with van der Waals surface area (Å²) in [5.41, 5.74) is 7.30. The third-order valence-corrected chi connectivity index (χ3v) is 5.86. The summed E-state index contributed by atoms with van der Waals surface area (Å²) < 4.78 is 0. The molecule has 0 aromatic heterocycles. The fourth-order valence-electron chi connectivity index (χ4n) is 3.59. The fourth-order valence-corrected chi connectivity index (χ4v) is 4.47. The maximum Gasteiger partial charge on any atom is 0.251 e. The van der Waals surface area contributed by atoms with E-state index in [0.29, 0.717) is 12.0 Å². The van der Waals surface area contributed by atoms with Gasteiger partial charge in [-0.1, -0.05) is 17.8 Å². The van der Waals surface area contributed by atoms with Gasteiger partial charge in [0.2, 0.25) is 0 Å². The lowest BCUT2D eigenvalue weighted by molar-refractivity contribution is 0.0924. The number of amides is 1. The Morgan fingerprint density at radius 2 is 1.96 bits per heavy atom. The molecule has 124 valence electrons. The first-order valence-corrected chi connectivity index (χ1v) is 9.16. The molecule has 3 N–H and O–H groups in total. The van der Waals surface area contributed by atoms with Crippen LogP contribution in [0.15, 0.2) is 58.3 Å². The van der Waals surface area contributed by atoms with Gasteiger partial charge in [-0.25, -0.2) is 0 Å². The van der Waals surface area contributed by atoms with Crippen LogP contribution in [0, 0.1) is 5.92 Å². The van der Waals surface area contributed by atoms with Gasteiger partial charge in [0.25, 0.3) is 5.91 Å². The zero-order valence-electron chi connectivity index (χ0n) is 13.4. The van der Waals surface area contributed by atoms with Crippen LogP contribution in [-0.2, 0) is 0 Å². The highest BCUT2D eigenvalue weighted by Crippen LogP contribution is 2.30. The minimum absolute atomic E-state index is 0.0363. The topological polar surface area (TPSA) is 58.4 Å². The van der Waals surface area contributed by atoms with Crippen LogP contribution in [0.3, 0.4) is 0 Å². The van der Waals surface area contributed by atoms with Gasteiger partial charge in [0.15, 0.2) is 0 Å². The molecule has 4 rings (SSSR count). The van der Waals surface area contributed by atoms with Crippen molar-refractivity contribution in [1.82, 2.24) is 10.2 Å². The van der Waals surface area contributed by atoms with E-state index >= 15 is 0 Å². The largest absolute Gasteiger partial charge is 0.399 e. The van der Waals surface area contributed by atoms with Crippen LogP contribution in [0.1, 0.15) is 16.8 Å². The molecule has 2 bridgehead atoms. The number of nitrogens with two attached hydrogens (primary N) is 1. The molecule has 2 saturated heterocycles. The lowest BCUT2D eigenvalue weighted by atomic mass is 9.99. The number of carbonyl (C=O) groups is 1. The third kappa shape index (κ3) is 3.28. The molecule has 3 atom stereocenters. The zero-order valence-corrected chi connectivity index (χ0v) is 14.3. The Morgan fingerprint density at radius 3 is 2.62 bits per heavy atom. The van der Waals surface area contributed by atoms with Crippen LogP contribution < -0.4 is 11.1 Å². The summed E-state index contributed by atoms with van der Waals surface area (Å²) in [5.74, 6) is 0.668. The van der Waals surface area contributed by atoms with Gasteiger partial charge in [-0.3, -0.25) is 4.79 Å². The molecule has 2 aliphatic heterocycles. The second-order valence-corrected chi connectivity index (χ2v) is 7.73. The molecule has 2 unspecified atom stereocenters. The molecule has 1 amide bonds. The summed E-state index contributed by atoms with van der Waals surface area (Å²) >= 11 is 1.65. The van der Waals surface area contributed by atoms with Crippen molar-refractivity contribution >= 4 is 23.4 Å². The first kappa shape index (κ1) is 15.5. The minimum atomic E-state index is 0.0363. The fraction of sp³-hybridized carbons (Fsp3) is 0.316. The predicted molar refractivity (Wildman–Crippen MR) is 97.2 cm³/mol. The number of benzene rings is 2. The Morgan fingerprint density at radius 1 is 1.12 bits per heavy atom. The van der Waals surface area contributed by atoms with Crippen molar-refractivity contribution in [2.75, 3.05) is 25.4 Å². The molecule has 2 aromatic rings. The highest BCUT2D eigenvalue weighted by molar-refractivity contribution is 7.99. The number of piperidine rings is 1. The Bertz CT molecular complexity index is 747. The smallest absolute Gasteiger partial charge is 0.251 e. The Labute approximate surface area is 146 Å². The third-order valence-electron chi connectivity index (χ3n) is 4.86. The van der Waals surface area contributed by atoms with Gasteiger partial charge >= 0.3 is 0 Å². The molecule has 5 heteroatoms. The monoisotopic (exact) mass is 339 g/mol. The van der Waals surface area contributed by atoms with Crippen molar-refractivity contribution in [2.24, 2.45) is 5.92 Å². The van der Waals surface area contributed by atoms with Crippen molar-refractivity contribution in [3.63, 3.8) is 0 Å². The van der Waals surface area contributed by atoms with Crippen molar-refractivity contribution < 1.29 is 4.79 Å². The summed E-state index contributed by atoms with van der Waals surface area (Å²) in [6.07, 6.45) is 1.21. The highest BCUT2D eigenvalue weighted by Gasteiger charge is 2.38. The van der Waals surface area contributed by atoms with Crippen LogP contribution in [-0.4, -0.2) is 36.5 Å². The summed E-state index contributed by atoms with van der Waals surface area (Å²) in [6, 6.07) is 15.9. The summed E-state index contributed by atoms with van der Waals surface area (Å²) in [5, 5.41) is 3.20. The van der Waals surface area contributed by atoms with Crippen LogP contribution in [0.4, 0.5) is 5.69 Å². The summed E-state index contributed by atoms with van der Waals surface area (Å²) in [7, 11) is 0. The molecular formula is C19H21N3OS. The van der Waals surface area contributed by atoms with Gasteiger partial charge in [0.1, 0.15) is 0 Å². The average molecular weight is 339 g/mol. The quantitative estimate of drug-likeness (QED) is 0.841. The Hall–Kier alpha value is -1.98. The number of hydrogen-bond acceptors (Lipinski definition) is 4. The number of fused-ring (bicyclic) bond motifs is 2. The van der Waals surface area contributed by atoms with E-state index < -0.39 is 0 Å². The van der Waals surface area contributed by atoms with Crippen molar-refractivity contribution in [2.45, 2.75) is 22.3 Å². The zero-order chi connectivity index (χ0) is 16.5. The minimum Gasteiger partial charge on any atom is -0.399 e. The van der Waals surface area contributed by atoms with Gasteiger partial charge < -0.3 is 16.0 Å². The number of nitrogens with zero attached hydrogens (tertiary/aromatic N) is 1. The molecule has 24 heavy (non-hydrogen) atoms. The standard InChI is InChI=1S/C19H21N3OS/c20-15-2-1-3-17(10-15)24-16-6-4-13(5-7-16)19(23)21-18-12-22-9-8-14(18)11-22/h1-7,10,14,18H,8-9,11-12,20H2,(H,21,23)/t14-,18?/m0/s1. The molecule has 2 aliphatic rings. The summed E-state index contributed by atoms with van der Waals surface area (Å²) in [4.78, 5) is 17.1. The van der Waals surface area contributed by atoms with Gasteiger partial charge in [-0.05, 0) is 61.3 Å². The lowest BCUT2D eigenvalue weighted by Gasteiger charge is -2.23. The van der Waals surface area contributed by atoms with E-state index in [9.17, 15) is 4.79 Å². The van der Waals surface area contributed by atoms with Crippen LogP contribution in [0.2, 0.25) is 0 Å². The number of anilines is 1. The van der Waals surface area contributed by atoms with Gasteiger partial charge in [0, 0.05) is 40.2 Å². The average Bonchev–Trinajstić information content (AvgIpc) is 3.18. The number of hydrogen-bond donors (Lipinski definition) is 2. The van der Waals surface area contributed by atoms with Gasteiger partial charge in [0.05, 0.1) is 0 Å². The molecule has 0 radical (unpaired) electrons. The molecule has 0 saturated carbocycles. The Kier molecular flexibility index (Phi) is 4.21. The van der Waals surface area contributed by atoms with Crippen molar-refractivity contribution in [3.8, 4) is 0 Å². The number of rotatable bonds is 4. The Balaban J connectivity index is 1.39. The van der Waals surface area contributed by atoms with E-state index in [4.69, 9.17) is 5.73 Å². The van der Waals surface area contributed by atoms with Gasteiger partial charge in [-0.15, -0.1) is 0 Å². The van der Waals surface area contributed by atoms with Crippen molar-refractivity contribution in [3.05, 3.63) is 54.1 Å². The molecule has 2 heterocycles. The van der Waals surface area contributed by atoms with E-state index in [-0.39, 0.29) is 5.91 Å². The molecule has 2 aromatic carbocycles. The van der Waals surface area contributed by atoms with E-state index in [1.165, 1.54) is 13.0 Å². The maximum atomic E-state index is 12.4. The van der Waals surface area contributed by atoms with E-state index in [1.54, 1.807) is 11.8 Å².